The Bertz CT molecular complexity index is 705. The van der Waals surface area contributed by atoms with Crippen molar-refractivity contribution in [3.63, 3.8) is 0 Å². The molecule has 2 aromatic heterocycles. The summed E-state index contributed by atoms with van der Waals surface area (Å²) in [7, 11) is 0. The largest absolute Gasteiger partial charge is 0.328 e. The number of rotatable bonds is 6. The maximum Gasteiger partial charge on any atom is 0.111 e. The fourth-order valence-corrected chi connectivity index (χ4v) is 2.98. The van der Waals surface area contributed by atoms with E-state index in [0.717, 1.165) is 30.0 Å². The van der Waals surface area contributed by atoms with Gasteiger partial charge in [0, 0.05) is 13.0 Å². The van der Waals surface area contributed by atoms with Gasteiger partial charge in [-0.1, -0.05) is 19.1 Å². The minimum Gasteiger partial charge on any atom is -0.328 e. The van der Waals surface area contributed by atoms with E-state index in [9.17, 15) is 0 Å². The number of para-hydroxylation sites is 2. The van der Waals surface area contributed by atoms with Crippen LogP contribution in [0, 0.1) is 0 Å². The minimum absolute atomic E-state index is 0.0730. The van der Waals surface area contributed by atoms with Crippen molar-refractivity contribution in [3.8, 4) is 0 Å². The normalized spacial score (nSPS) is 12.9. The van der Waals surface area contributed by atoms with Crippen LogP contribution in [0.2, 0.25) is 0 Å². The zero-order valence-electron chi connectivity index (χ0n) is 11.9. The highest BCUT2D eigenvalue weighted by atomic mass is 32.1. The fraction of sp³-hybridized carbons (Fsp3) is 0.357. The lowest BCUT2D eigenvalue weighted by Gasteiger charge is -2.14. The van der Waals surface area contributed by atoms with Crippen molar-refractivity contribution in [2.75, 3.05) is 0 Å². The van der Waals surface area contributed by atoms with Gasteiger partial charge in [-0.05, 0) is 18.6 Å². The van der Waals surface area contributed by atoms with E-state index in [2.05, 4.69) is 31.7 Å². The van der Waals surface area contributed by atoms with Crippen molar-refractivity contribution in [3.05, 3.63) is 42.0 Å². The van der Waals surface area contributed by atoms with Crippen LogP contribution in [0.5, 0.6) is 0 Å². The first kappa shape index (κ1) is 14.1. The van der Waals surface area contributed by atoms with Gasteiger partial charge in [0.1, 0.15) is 5.82 Å². The van der Waals surface area contributed by atoms with E-state index in [0.29, 0.717) is 6.42 Å². The van der Waals surface area contributed by atoms with E-state index in [1.807, 2.05) is 18.2 Å². The highest BCUT2D eigenvalue weighted by Crippen LogP contribution is 2.21. The molecule has 0 aliphatic carbocycles. The number of aryl methyl sites for hydroxylation is 1. The molecule has 2 heterocycles. The van der Waals surface area contributed by atoms with Gasteiger partial charge in [-0.3, -0.25) is 11.3 Å². The minimum atomic E-state index is -0.0730. The summed E-state index contributed by atoms with van der Waals surface area (Å²) in [4.78, 5) is 4.75. The third-order valence-electron chi connectivity index (χ3n) is 3.50. The van der Waals surface area contributed by atoms with E-state index in [1.165, 1.54) is 17.2 Å². The van der Waals surface area contributed by atoms with Crippen molar-refractivity contribution in [2.24, 2.45) is 5.84 Å². The number of aromatic nitrogens is 4. The molecule has 0 aliphatic rings. The molecule has 3 N–H and O–H groups in total. The number of benzene rings is 1. The molecule has 1 aromatic carbocycles. The molecule has 0 saturated heterocycles. The van der Waals surface area contributed by atoms with Gasteiger partial charge in [-0.15, -0.1) is 0 Å². The van der Waals surface area contributed by atoms with Gasteiger partial charge in [-0.2, -0.15) is 8.75 Å². The van der Waals surface area contributed by atoms with Crippen LogP contribution >= 0.6 is 11.7 Å². The summed E-state index contributed by atoms with van der Waals surface area (Å²) in [6, 6.07) is 8.13. The number of imidazole rings is 1. The third kappa shape index (κ3) is 2.80. The molecule has 1 atom stereocenters. The number of hydrogen-bond donors (Lipinski definition) is 2. The first-order valence-electron chi connectivity index (χ1n) is 7.01. The molecular weight excluding hydrogens is 284 g/mol. The van der Waals surface area contributed by atoms with Crippen LogP contribution in [-0.4, -0.2) is 18.3 Å². The Morgan fingerprint density at radius 3 is 2.95 bits per heavy atom. The number of hydrazine groups is 1. The predicted molar refractivity (Wildman–Crippen MR) is 83.7 cm³/mol. The molecule has 0 bridgehead atoms. The van der Waals surface area contributed by atoms with Crippen LogP contribution in [0.3, 0.4) is 0 Å². The summed E-state index contributed by atoms with van der Waals surface area (Å²) in [6.07, 6.45) is 3.50. The third-order valence-corrected chi connectivity index (χ3v) is 4.00. The summed E-state index contributed by atoms with van der Waals surface area (Å²) in [5, 5.41) is 0. The highest BCUT2D eigenvalue weighted by molar-refractivity contribution is 6.99. The van der Waals surface area contributed by atoms with Crippen LogP contribution in [0.15, 0.2) is 30.5 Å². The summed E-state index contributed by atoms with van der Waals surface area (Å²) >= 11 is 1.19. The highest BCUT2D eigenvalue weighted by Gasteiger charge is 2.18. The topological polar surface area (TPSA) is 81.7 Å². The lowest BCUT2D eigenvalue weighted by atomic mass is 10.1. The molecule has 7 heteroatoms. The van der Waals surface area contributed by atoms with Gasteiger partial charge in [-0.25, -0.2) is 4.98 Å². The Morgan fingerprint density at radius 1 is 1.38 bits per heavy atom. The van der Waals surface area contributed by atoms with E-state index >= 15 is 0 Å². The second-order valence-corrected chi connectivity index (χ2v) is 5.48. The quantitative estimate of drug-likeness (QED) is 0.538. The van der Waals surface area contributed by atoms with E-state index in [4.69, 9.17) is 10.8 Å². The smallest absolute Gasteiger partial charge is 0.111 e. The lowest BCUT2D eigenvalue weighted by Crippen LogP contribution is -2.30. The summed E-state index contributed by atoms with van der Waals surface area (Å²) in [5.74, 6) is 6.70. The zero-order valence-corrected chi connectivity index (χ0v) is 12.7. The Labute approximate surface area is 127 Å². The monoisotopic (exact) mass is 302 g/mol. The Balaban J connectivity index is 1.97. The summed E-state index contributed by atoms with van der Waals surface area (Å²) in [6.45, 7) is 3.12. The SMILES string of the molecule is CCCn1c(CC(NN)c2cnsn2)nc2ccccc21. The van der Waals surface area contributed by atoms with Crippen molar-refractivity contribution in [1.82, 2.24) is 23.7 Å². The number of nitrogens with one attached hydrogen (secondary N) is 1. The first-order chi connectivity index (χ1) is 10.3. The molecular formula is C14H18N6S. The number of fused-ring (bicyclic) bond motifs is 1. The molecule has 110 valence electrons. The van der Waals surface area contributed by atoms with Gasteiger partial charge >= 0.3 is 0 Å². The Kier molecular flexibility index (Phi) is 4.23. The van der Waals surface area contributed by atoms with Crippen LogP contribution in [0.4, 0.5) is 0 Å². The van der Waals surface area contributed by atoms with Crippen LogP contribution < -0.4 is 11.3 Å². The first-order valence-corrected chi connectivity index (χ1v) is 7.74. The summed E-state index contributed by atoms with van der Waals surface area (Å²) in [5.41, 5.74) is 5.87. The van der Waals surface area contributed by atoms with Gasteiger partial charge in [0.2, 0.25) is 0 Å². The predicted octanol–water partition coefficient (Wildman–Crippen LogP) is 2.04. The van der Waals surface area contributed by atoms with Gasteiger partial charge in [0.25, 0.3) is 0 Å². The van der Waals surface area contributed by atoms with Gasteiger partial charge in [0.15, 0.2) is 0 Å². The maximum absolute atomic E-state index is 5.68. The molecule has 1 unspecified atom stereocenters. The van der Waals surface area contributed by atoms with Gasteiger partial charge in [0.05, 0.1) is 40.7 Å². The molecule has 0 aliphatic heterocycles. The Morgan fingerprint density at radius 2 is 2.24 bits per heavy atom. The molecule has 3 aromatic rings. The molecule has 0 fully saturated rings. The van der Waals surface area contributed by atoms with E-state index < -0.39 is 0 Å². The number of hydrogen-bond acceptors (Lipinski definition) is 6. The average Bonchev–Trinajstić information content (AvgIpc) is 3.14. The van der Waals surface area contributed by atoms with Crippen LogP contribution in [0.1, 0.15) is 30.9 Å². The van der Waals surface area contributed by atoms with Crippen LogP contribution in [0.25, 0.3) is 11.0 Å². The molecule has 0 amide bonds. The Hall–Kier alpha value is -1.83. The van der Waals surface area contributed by atoms with Crippen molar-refractivity contribution >= 4 is 22.8 Å². The number of nitrogens with zero attached hydrogens (tertiary/aromatic N) is 4. The molecule has 21 heavy (non-hydrogen) atoms. The maximum atomic E-state index is 5.68. The molecule has 6 nitrogen and oxygen atoms in total. The number of nitrogens with two attached hydrogens (primary N) is 1. The molecule has 3 rings (SSSR count). The second kappa shape index (κ2) is 6.30. The second-order valence-electron chi connectivity index (χ2n) is 4.92. The fourth-order valence-electron chi connectivity index (χ4n) is 2.51. The lowest BCUT2D eigenvalue weighted by molar-refractivity contribution is 0.512. The molecule has 0 spiro atoms. The van der Waals surface area contributed by atoms with Crippen molar-refractivity contribution in [1.29, 1.82) is 0 Å². The average molecular weight is 302 g/mol. The van der Waals surface area contributed by atoms with Crippen LogP contribution in [-0.2, 0) is 13.0 Å². The van der Waals surface area contributed by atoms with Crippen molar-refractivity contribution < 1.29 is 0 Å². The van der Waals surface area contributed by atoms with Gasteiger partial charge < -0.3 is 4.57 Å². The molecule has 0 saturated carbocycles. The van der Waals surface area contributed by atoms with E-state index in [-0.39, 0.29) is 6.04 Å². The standard InChI is InChI=1S/C14H18N6S/c1-2-7-20-13-6-4-3-5-10(13)17-14(20)8-11(18-15)12-9-16-21-19-12/h3-6,9,11,18H,2,7-8,15H2,1H3. The van der Waals surface area contributed by atoms with E-state index in [1.54, 1.807) is 6.20 Å². The zero-order chi connectivity index (χ0) is 14.7. The summed E-state index contributed by atoms with van der Waals surface area (Å²) < 4.78 is 10.6. The molecule has 0 radical (unpaired) electrons. The van der Waals surface area contributed by atoms with Crippen molar-refractivity contribution in [2.45, 2.75) is 32.4 Å².